The van der Waals surface area contributed by atoms with Crippen LogP contribution < -0.4 is 10.6 Å². The van der Waals surface area contributed by atoms with E-state index in [9.17, 15) is 9.59 Å². The molecule has 0 aromatic carbocycles. The minimum Gasteiger partial charge on any atom is -0.373 e. The second-order valence-electron chi connectivity index (χ2n) is 4.00. The SMILES string of the molecule is CNC(=O)CNC(=O)CCCCCC1CO1. The van der Waals surface area contributed by atoms with E-state index in [2.05, 4.69) is 10.6 Å². The second-order valence-corrected chi connectivity index (χ2v) is 4.00. The van der Waals surface area contributed by atoms with Gasteiger partial charge in [0.2, 0.25) is 11.8 Å². The smallest absolute Gasteiger partial charge is 0.239 e. The molecule has 5 nitrogen and oxygen atoms in total. The summed E-state index contributed by atoms with van der Waals surface area (Å²) < 4.78 is 5.09. The van der Waals surface area contributed by atoms with Crippen molar-refractivity contribution in [3.63, 3.8) is 0 Å². The maximum atomic E-state index is 11.3. The summed E-state index contributed by atoms with van der Waals surface area (Å²) in [5, 5.41) is 5.02. The van der Waals surface area contributed by atoms with Gasteiger partial charge in [-0.3, -0.25) is 9.59 Å². The van der Waals surface area contributed by atoms with E-state index in [1.54, 1.807) is 7.05 Å². The number of nitrogens with one attached hydrogen (secondary N) is 2. The lowest BCUT2D eigenvalue weighted by molar-refractivity contribution is -0.125. The molecule has 0 aromatic heterocycles. The minimum absolute atomic E-state index is 0.0497. The van der Waals surface area contributed by atoms with Gasteiger partial charge < -0.3 is 15.4 Å². The first-order valence-corrected chi connectivity index (χ1v) is 5.81. The van der Waals surface area contributed by atoms with Crippen LogP contribution in [0.2, 0.25) is 0 Å². The molecule has 2 amide bonds. The van der Waals surface area contributed by atoms with Crippen molar-refractivity contribution in [3.05, 3.63) is 0 Å². The van der Waals surface area contributed by atoms with Crippen LogP contribution in [0.1, 0.15) is 32.1 Å². The van der Waals surface area contributed by atoms with Crippen molar-refractivity contribution in [3.8, 4) is 0 Å². The van der Waals surface area contributed by atoms with Crippen LogP contribution in [0, 0.1) is 0 Å². The Kier molecular flexibility index (Phi) is 5.85. The average Bonchev–Trinajstić information content (AvgIpc) is 3.09. The Hall–Kier alpha value is -1.10. The van der Waals surface area contributed by atoms with Crippen LogP contribution in [0.5, 0.6) is 0 Å². The lowest BCUT2D eigenvalue weighted by atomic mass is 10.1. The first-order chi connectivity index (χ1) is 7.72. The molecule has 1 atom stereocenters. The summed E-state index contributed by atoms with van der Waals surface area (Å²) in [6.07, 6.45) is 5.15. The van der Waals surface area contributed by atoms with E-state index >= 15 is 0 Å². The molecule has 0 aliphatic carbocycles. The maximum Gasteiger partial charge on any atom is 0.239 e. The highest BCUT2D eigenvalue weighted by Gasteiger charge is 2.20. The Morgan fingerprint density at radius 3 is 2.62 bits per heavy atom. The third kappa shape index (κ3) is 6.40. The third-order valence-corrected chi connectivity index (χ3v) is 2.56. The van der Waals surface area contributed by atoms with Crippen LogP contribution >= 0.6 is 0 Å². The Morgan fingerprint density at radius 2 is 2.00 bits per heavy atom. The van der Waals surface area contributed by atoms with Crippen molar-refractivity contribution in [1.82, 2.24) is 10.6 Å². The Morgan fingerprint density at radius 1 is 1.25 bits per heavy atom. The summed E-state index contributed by atoms with van der Waals surface area (Å²) in [6, 6.07) is 0. The summed E-state index contributed by atoms with van der Waals surface area (Å²) in [6.45, 7) is 0.984. The monoisotopic (exact) mass is 228 g/mol. The maximum absolute atomic E-state index is 11.3. The highest BCUT2D eigenvalue weighted by Crippen LogP contribution is 2.17. The number of hydrogen-bond acceptors (Lipinski definition) is 3. The predicted molar refractivity (Wildman–Crippen MR) is 59.9 cm³/mol. The molecule has 16 heavy (non-hydrogen) atoms. The minimum atomic E-state index is -0.167. The van der Waals surface area contributed by atoms with Crippen molar-refractivity contribution < 1.29 is 14.3 Å². The molecule has 1 heterocycles. The number of carbonyl (C=O) groups excluding carboxylic acids is 2. The van der Waals surface area contributed by atoms with Crippen molar-refractivity contribution >= 4 is 11.8 Å². The summed E-state index contributed by atoms with van der Waals surface area (Å²) in [4.78, 5) is 22.1. The fourth-order valence-electron chi connectivity index (χ4n) is 1.42. The standard InChI is InChI=1S/C11H20N2O3/c1-12-11(15)7-13-10(14)6-4-2-3-5-9-8-16-9/h9H,2-8H2,1H3,(H,12,15)(H,13,14). The van der Waals surface area contributed by atoms with E-state index in [-0.39, 0.29) is 18.4 Å². The third-order valence-electron chi connectivity index (χ3n) is 2.56. The fourth-order valence-corrected chi connectivity index (χ4v) is 1.42. The molecule has 1 rings (SSSR count). The number of unbranched alkanes of at least 4 members (excludes halogenated alkanes) is 2. The number of epoxide rings is 1. The number of hydrogen-bond donors (Lipinski definition) is 2. The highest BCUT2D eigenvalue weighted by atomic mass is 16.6. The molecule has 1 unspecified atom stereocenters. The molecule has 0 spiro atoms. The zero-order valence-electron chi connectivity index (χ0n) is 9.75. The molecule has 0 aromatic rings. The summed E-state index contributed by atoms with van der Waals surface area (Å²) in [7, 11) is 1.55. The number of likely N-dealkylation sites (N-methyl/N-ethyl adjacent to an activating group) is 1. The van der Waals surface area contributed by atoms with Crippen LogP contribution in [0.15, 0.2) is 0 Å². The molecular formula is C11H20N2O3. The number of rotatable bonds is 8. The number of amides is 2. The highest BCUT2D eigenvalue weighted by molar-refractivity contribution is 5.84. The fraction of sp³-hybridized carbons (Fsp3) is 0.818. The van der Waals surface area contributed by atoms with Gasteiger partial charge in [0.15, 0.2) is 0 Å². The molecule has 1 aliphatic rings. The van der Waals surface area contributed by atoms with Gasteiger partial charge in [-0.15, -0.1) is 0 Å². The van der Waals surface area contributed by atoms with Crippen LogP contribution in [0.25, 0.3) is 0 Å². The van der Waals surface area contributed by atoms with Crippen LogP contribution in [-0.4, -0.2) is 38.1 Å². The van der Waals surface area contributed by atoms with Gasteiger partial charge in [0.25, 0.3) is 0 Å². The molecule has 0 saturated carbocycles. The summed E-state index contributed by atoms with van der Waals surface area (Å²) >= 11 is 0. The van der Waals surface area contributed by atoms with Crippen molar-refractivity contribution in [2.24, 2.45) is 0 Å². The van der Waals surface area contributed by atoms with Crippen molar-refractivity contribution in [1.29, 1.82) is 0 Å². The Labute approximate surface area is 95.9 Å². The lowest BCUT2D eigenvalue weighted by Gasteiger charge is -2.03. The predicted octanol–water partition coefficient (Wildman–Crippen LogP) is 0.198. The Balaban J connectivity index is 1.86. The molecule has 0 bridgehead atoms. The van der Waals surface area contributed by atoms with Gasteiger partial charge in [0.05, 0.1) is 19.3 Å². The van der Waals surface area contributed by atoms with Crippen molar-refractivity contribution in [2.45, 2.75) is 38.2 Å². The van der Waals surface area contributed by atoms with Crippen LogP contribution in [0.4, 0.5) is 0 Å². The molecule has 5 heteroatoms. The topological polar surface area (TPSA) is 70.7 Å². The second kappa shape index (κ2) is 7.22. The molecule has 2 N–H and O–H groups in total. The summed E-state index contributed by atoms with van der Waals surface area (Å²) in [5.74, 6) is -0.217. The van der Waals surface area contributed by atoms with Gasteiger partial charge in [-0.1, -0.05) is 12.8 Å². The van der Waals surface area contributed by atoms with Gasteiger partial charge in [-0.25, -0.2) is 0 Å². The first kappa shape index (κ1) is 13.0. The summed E-state index contributed by atoms with van der Waals surface area (Å²) in [5.41, 5.74) is 0. The van der Waals surface area contributed by atoms with Gasteiger partial charge in [-0.05, 0) is 12.8 Å². The van der Waals surface area contributed by atoms with E-state index in [1.165, 1.54) is 0 Å². The molecule has 1 saturated heterocycles. The van der Waals surface area contributed by atoms with E-state index in [0.717, 1.165) is 32.3 Å². The van der Waals surface area contributed by atoms with E-state index in [4.69, 9.17) is 4.74 Å². The average molecular weight is 228 g/mol. The normalized spacial score (nSPS) is 17.9. The van der Waals surface area contributed by atoms with E-state index in [0.29, 0.717) is 12.5 Å². The van der Waals surface area contributed by atoms with Gasteiger partial charge >= 0.3 is 0 Å². The number of ether oxygens (including phenoxy) is 1. The molecule has 1 aliphatic heterocycles. The van der Waals surface area contributed by atoms with E-state index < -0.39 is 0 Å². The zero-order chi connectivity index (χ0) is 11.8. The lowest BCUT2D eigenvalue weighted by Crippen LogP contribution is -2.34. The first-order valence-electron chi connectivity index (χ1n) is 5.81. The number of carbonyl (C=O) groups is 2. The van der Waals surface area contributed by atoms with Crippen LogP contribution in [0.3, 0.4) is 0 Å². The molecule has 92 valence electrons. The van der Waals surface area contributed by atoms with Gasteiger partial charge in [0, 0.05) is 13.5 Å². The zero-order valence-corrected chi connectivity index (χ0v) is 9.75. The van der Waals surface area contributed by atoms with Crippen molar-refractivity contribution in [2.75, 3.05) is 20.2 Å². The molecule has 1 fully saturated rings. The molecular weight excluding hydrogens is 208 g/mol. The largest absolute Gasteiger partial charge is 0.373 e. The Bertz CT molecular complexity index is 239. The van der Waals surface area contributed by atoms with Gasteiger partial charge in [0.1, 0.15) is 0 Å². The van der Waals surface area contributed by atoms with Crippen LogP contribution in [-0.2, 0) is 14.3 Å². The quantitative estimate of drug-likeness (QED) is 0.460. The van der Waals surface area contributed by atoms with Gasteiger partial charge in [-0.2, -0.15) is 0 Å². The molecule has 0 radical (unpaired) electrons. The van der Waals surface area contributed by atoms with E-state index in [1.807, 2.05) is 0 Å².